The minimum Gasteiger partial charge on any atom is -0.353 e. The van der Waals surface area contributed by atoms with E-state index in [9.17, 15) is 18.0 Å². The van der Waals surface area contributed by atoms with Gasteiger partial charge in [0.1, 0.15) is 0 Å². The van der Waals surface area contributed by atoms with Crippen LogP contribution in [-0.4, -0.2) is 42.7 Å². The van der Waals surface area contributed by atoms with Crippen molar-refractivity contribution in [2.24, 2.45) is 5.92 Å². The average Bonchev–Trinajstić information content (AvgIpc) is 2.15. The molecule has 1 aliphatic heterocycles. The zero-order valence-corrected chi connectivity index (χ0v) is 10.2. The second kappa shape index (κ2) is 5.71. The van der Waals surface area contributed by atoms with Crippen molar-refractivity contribution < 1.29 is 18.0 Å². The van der Waals surface area contributed by atoms with Crippen molar-refractivity contribution in [3.05, 3.63) is 0 Å². The number of nitrogens with one attached hydrogen (secondary N) is 1. The number of carbonyl (C=O) groups excluding carboxylic acids is 1. The van der Waals surface area contributed by atoms with E-state index in [-0.39, 0.29) is 31.5 Å². The number of piperidine rings is 1. The first-order valence-corrected chi connectivity index (χ1v) is 5.87. The third kappa shape index (κ3) is 4.93. The lowest BCUT2D eigenvalue weighted by atomic mass is 9.97. The van der Waals surface area contributed by atoms with E-state index in [1.54, 1.807) is 4.90 Å². The van der Waals surface area contributed by atoms with Gasteiger partial charge < -0.3 is 5.32 Å². The average molecular weight is 252 g/mol. The topological polar surface area (TPSA) is 32.3 Å². The first kappa shape index (κ1) is 14.3. The fourth-order valence-electron chi connectivity index (χ4n) is 2.04. The lowest BCUT2D eigenvalue weighted by molar-refractivity contribution is -0.187. The molecule has 1 rings (SSSR count). The molecule has 0 saturated carbocycles. The molecule has 1 amide bonds. The van der Waals surface area contributed by atoms with E-state index < -0.39 is 12.1 Å². The molecule has 0 aromatic heterocycles. The molecule has 6 heteroatoms. The first-order chi connectivity index (χ1) is 7.79. The summed E-state index contributed by atoms with van der Waals surface area (Å²) in [7, 11) is 0. The third-order valence-electron chi connectivity index (χ3n) is 2.79. The maximum atomic E-state index is 12.5. The normalized spacial score (nSPS) is 22.8. The van der Waals surface area contributed by atoms with Crippen molar-refractivity contribution in [1.29, 1.82) is 0 Å². The van der Waals surface area contributed by atoms with Gasteiger partial charge in [0.15, 0.2) is 0 Å². The summed E-state index contributed by atoms with van der Waals surface area (Å²) in [6, 6.07) is 0.0192. The van der Waals surface area contributed by atoms with Gasteiger partial charge >= 0.3 is 6.18 Å². The molecule has 1 heterocycles. The van der Waals surface area contributed by atoms with E-state index in [1.165, 1.54) is 0 Å². The van der Waals surface area contributed by atoms with Gasteiger partial charge in [-0.25, -0.2) is 0 Å². The maximum absolute atomic E-state index is 12.5. The van der Waals surface area contributed by atoms with E-state index in [1.807, 2.05) is 13.8 Å². The minimum absolute atomic E-state index is 0.0192. The van der Waals surface area contributed by atoms with Crippen LogP contribution in [0.5, 0.6) is 0 Å². The summed E-state index contributed by atoms with van der Waals surface area (Å²) in [4.78, 5) is 13.0. The van der Waals surface area contributed by atoms with Gasteiger partial charge in [0.05, 0.1) is 12.5 Å². The molecule has 17 heavy (non-hydrogen) atoms. The number of hydrogen-bond donors (Lipinski definition) is 1. The van der Waals surface area contributed by atoms with Gasteiger partial charge in [0.2, 0.25) is 5.91 Å². The number of hydrogen-bond acceptors (Lipinski definition) is 2. The molecule has 1 aliphatic rings. The van der Waals surface area contributed by atoms with Crippen molar-refractivity contribution in [1.82, 2.24) is 10.2 Å². The van der Waals surface area contributed by atoms with Crippen LogP contribution in [-0.2, 0) is 4.79 Å². The number of carbonyl (C=O) groups is 1. The zero-order valence-electron chi connectivity index (χ0n) is 10.2. The number of nitrogens with zero attached hydrogens (tertiary/aromatic N) is 1. The van der Waals surface area contributed by atoms with Crippen molar-refractivity contribution in [2.45, 2.75) is 38.9 Å². The molecule has 1 fully saturated rings. The number of rotatable bonds is 3. The van der Waals surface area contributed by atoms with Crippen molar-refractivity contribution in [2.75, 3.05) is 19.6 Å². The largest absolute Gasteiger partial charge is 0.393 e. The molecular formula is C11H19F3N2O. The highest BCUT2D eigenvalue weighted by Gasteiger charge is 2.41. The van der Waals surface area contributed by atoms with E-state index in [4.69, 9.17) is 0 Å². The molecule has 1 atom stereocenters. The fourth-order valence-corrected chi connectivity index (χ4v) is 2.04. The van der Waals surface area contributed by atoms with Gasteiger partial charge in [0.25, 0.3) is 0 Å². The molecule has 1 N–H and O–H groups in total. The van der Waals surface area contributed by atoms with Crippen LogP contribution in [0.1, 0.15) is 26.7 Å². The summed E-state index contributed by atoms with van der Waals surface area (Å²) in [5.74, 6) is -1.49. The molecule has 0 spiro atoms. The summed E-state index contributed by atoms with van der Waals surface area (Å²) in [6.07, 6.45) is -3.47. The van der Waals surface area contributed by atoms with Gasteiger partial charge in [-0.1, -0.05) is 0 Å². The van der Waals surface area contributed by atoms with E-state index in [2.05, 4.69) is 5.32 Å². The molecule has 100 valence electrons. The van der Waals surface area contributed by atoms with Crippen molar-refractivity contribution in [3.63, 3.8) is 0 Å². The van der Waals surface area contributed by atoms with Crippen LogP contribution in [0.2, 0.25) is 0 Å². The smallest absolute Gasteiger partial charge is 0.353 e. The molecular weight excluding hydrogens is 233 g/mol. The zero-order chi connectivity index (χ0) is 13.1. The number of amides is 1. The third-order valence-corrected chi connectivity index (χ3v) is 2.79. The maximum Gasteiger partial charge on any atom is 0.393 e. The van der Waals surface area contributed by atoms with E-state index in [0.29, 0.717) is 13.0 Å². The Morgan fingerprint density at radius 3 is 2.65 bits per heavy atom. The highest BCUT2D eigenvalue weighted by molar-refractivity contribution is 5.78. The Hall–Kier alpha value is -0.780. The molecule has 0 aliphatic carbocycles. The van der Waals surface area contributed by atoms with Crippen LogP contribution in [0.25, 0.3) is 0 Å². The first-order valence-electron chi connectivity index (χ1n) is 5.87. The quantitative estimate of drug-likeness (QED) is 0.830. The van der Waals surface area contributed by atoms with Gasteiger partial charge in [-0.2, -0.15) is 13.2 Å². The van der Waals surface area contributed by atoms with Gasteiger partial charge in [-0.05, 0) is 33.2 Å². The Balaban J connectivity index is 2.42. The van der Waals surface area contributed by atoms with Crippen molar-refractivity contribution in [3.8, 4) is 0 Å². The van der Waals surface area contributed by atoms with Crippen LogP contribution in [0.3, 0.4) is 0 Å². The predicted octanol–water partition coefficient (Wildman–Crippen LogP) is 1.79. The molecule has 1 saturated heterocycles. The summed E-state index contributed by atoms with van der Waals surface area (Å²) >= 11 is 0. The van der Waals surface area contributed by atoms with Crippen LogP contribution in [0, 0.1) is 5.92 Å². The van der Waals surface area contributed by atoms with Gasteiger partial charge in [0, 0.05) is 12.6 Å². The Bertz CT molecular complexity index is 266. The summed E-state index contributed by atoms with van der Waals surface area (Å²) in [6.45, 7) is 4.22. The molecule has 0 aromatic carbocycles. The van der Waals surface area contributed by atoms with Gasteiger partial charge in [-0.15, -0.1) is 0 Å². The minimum atomic E-state index is -4.15. The molecule has 0 bridgehead atoms. The van der Waals surface area contributed by atoms with E-state index in [0.717, 1.165) is 0 Å². The highest BCUT2D eigenvalue weighted by Crippen LogP contribution is 2.32. The van der Waals surface area contributed by atoms with E-state index >= 15 is 0 Å². The summed E-state index contributed by atoms with van der Waals surface area (Å²) in [5.41, 5.74) is 0. The molecule has 0 radical (unpaired) electrons. The number of halogens is 3. The van der Waals surface area contributed by atoms with Crippen molar-refractivity contribution >= 4 is 5.91 Å². The lowest BCUT2D eigenvalue weighted by Gasteiger charge is -2.33. The SMILES string of the molecule is CC(C)NC(=O)CN1CCCC(C(F)(F)F)C1. The molecule has 3 nitrogen and oxygen atoms in total. The van der Waals surface area contributed by atoms with Crippen LogP contribution >= 0.6 is 0 Å². The monoisotopic (exact) mass is 252 g/mol. The second-order valence-electron chi connectivity index (χ2n) is 4.84. The lowest BCUT2D eigenvalue weighted by Crippen LogP contribution is -2.46. The second-order valence-corrected chi connectivity index (χ2v) is 4.84. The Morgan fingerprint density at radius 2 is 2.12 bits per heavy atom. The highest BCUT2D eigenvalue weighted by atomic mass is 19.4. The number of alkyl halides is 3. The predicted molar refractivity (Wildman–Crippen MR) is 58.5 cm³/mol. The van der Waals surface area contributed by atoms with Crippen LogP contribution in [0.15, 0.2) is 0 Å². The Morgan fingerprint density at radius 1 is 1.47 bits per heavy atom. The molecule has 0 aromatic rings. The summed E-state index contributed by atoms with van der Waals surface area (Å²) in [5, 5.41) is 2.68. The molecule has 1 unspecified atom stereocenters. The Kier molecular flexibility index (Phi) is 4.80. The number of likely N-dealkylation sites (tertiary alicyclic amines) is 1. The van der Waals surface area contributed by atoms with Gasteiger partial charge in [-0.3, -0.25) is 9.69 Å². The Labute approximate surface area is 99.4 Å². The summed E-state index contributed by atoms with van der Waals surface area (Å²) < 4.78 is 37.6. The fraction of sp³-hybridized carbons (Fsp3) is 0.909. The standard InChI is InChI=1S/C11H19F3N2O/c1-8(2)15-10(17)7-16-5-3-4-9(6-16)11(12,13)14/h8-9H,3-7H2,1-2H3,(H,15,17). The van der Waals surface area contributed by atoms with Crippen LogP contribution in [0.4, 0.5) is 13.2 Å². The van der Waals surface area contributed by atoms with Crippen LogP contribution < -0.4 is 5.32 Å².